The molecule has 13 heavy (non-hydrogen) atoms. The maximum atomic E-state index is 5.08. The summed E-state index contributed by atoms with van der Waals surface area (Å²) in [5, 5.41) is 3.26. The molecule has 1 rings (SSSR count). The van der Waals surface area contributed by atoms with Gasteiger partial charge in [-0.3, -0.25) is 0 Å². The van der Waals surface area contributed by atoms with Gasteiger partial charge in [0.25, 0.3) is 0 Å². The van der Waals surface area contributed by atoms with Crippen molar-refractivity contribution in [2.45, 2.75) is 12.8 Å². The van der Waals surface area contributed by atoms with Crippen LogP contribution in [0.5, 0.6) is 0 Å². The molecule has 3 nitrogen and oxygen atoms in total. The fourth-order valence-electron chi connectivity index (χ4n) is 2.03. The van der Waals surface area contributed by atoms with Crippen LogP contribution < -0.4 is 5.32 Å². The Morgan fingerprint density at radius 1 is 1.54 bits per heavy atom. The predicted octanol–water partition coefficient (Wildman–Crippen LogP) is 0.564. The Hall–Kier alpha value is -0.120. The van der Waals surface area contributed by atoms with Crippen molar-refractivity contribution < 1.29 is 4.74 Å². The standard InChI is InChI=1S/C10H22N2O/c1-11-8-10-4-3-5-12(9-10)6-7-13-2/h10-11H,3-9H2,1-2H3/t10-/m0/s1. The number of rotatable bonds is 5. The lowest BCUT2D eigenvalue weighted by Crippen LogP contribution is -2.40. The van der Waals surface area contributed by atoms with Gasteiger partial charge < -0.3 is 15.0 Å². The first-order valence-corrected chi connectivity index (χ1v) is 5.22. The first-order valence-electron chi connectivity index (χ1n) is 5.22. The average Bonchev–Trinajstić information content (AvgIpc) is 2.16. The molecule has 3 heteroatoms. The molecule has 0 bridgehead atoms. The van der Waals surface area contributed by atoms with Crippen LogP contribution in [-0.2, 0) is 4.74 Å². The topological polar surface area (TPSA) is 24.5 Å². The van der Waals surface area contributed by atoms with Crippen LogP contribution >= 0.6 is 0 Å². The summed E-state index contributed by atoms with van der Waals surface area (Å²) in [6, 6.07) is 0. The second kappa shape index (κ2) is 6.35. The molecule has 0 aromatic heterocycles. The third-order valence-corrected chi connectivity index (χ3v) is 2.71. The van der Waals surface area contributed by atoms with Crippen LogP contribution in [0.15, 0.2) is 0 Å². The van der Waals surface area contributed by atoms with Gasteiger partial charge in [-0.25, -0.2) is 0 Å². The summed E-state index contributed by atoms with van der Waals surface area (Å²) in [4.78, 5) is 2.51. The van der Waals surface area contributed by atoms with E-state index in [1.165, 1.54) is 25.9 Å². The average molecular weight is 186 g/mol. The third kappa shape index (κ3) is 4.07. The number of likely N-dealkylation sites (tertiary alicyclic amines) is 1. The minimum atomic E-state index is 0.843. The highest BCUT2D eigenvalue weighted by Gasteiger charge is 2.18. The minimum Gasteiger partial charge on any atom is -0.383 e. The maximum Gasteiger partial charge on any atom is 0.0589 e. The van der Waals surface area contributed by atoms with Crippen molar-refractivity contribution in [3.05, 3.63) is 0 Å². The van der Waals surface area contributed by atoms with Crippen LogP contribution in [0.2, 0.25) is 0 Å². The van der Waals surface area contributed by atoms with E-state index in [1.807, 2.05) is 7.05 Å². The maximum absolute atomic E-state index is 5.08. The molecule has 1 fully saturated rings. The molecule has 0 aromatic carbocycles. The Morgan fingerprint density at radius 3 is 3.08 bits per heavy atom. The van der Waals surface area contributed by atoms with E-state index in [2.05, 4.69) is 10.2 Å². The van der Waals surface area contributed by atoms with E-state index < -0.39 is 0 Å². The van der Waals surface area contributed by atoms with Crippen molar-refractivity contribution in [1.82, 2.24) is 10.2 Å². The van der Waals surface area contributed by atoms with Crippen molar-refractivity contribution in [1.29, 1.82) is 0 Å². The Bertz CT molecular complexity index is 128. The number of hydrogen-bond donors (Lipinski definition) is 1. The lowest BCUT2D eigenvalue weighted by Gasteiger charge is -2.32. The molecule has 1 aliphatic heterocycles. The van der Waals surface area contributed by atoms with Gasteiger partial charge in [0, 0.05) is 20.2 Å². The van der Waals surface area contributed by atoms with Gasteiger partial charge in [0.15, 0.2) is 0 Å². The van der Waals surface area contributed by atoms with Gasteiger partial charge in [0.2, 0.25) is 0 Å². The Kier molecular flexibility index (Phi) is 5.35. The lowest BCUT2D eigenvalue weighted by atomic mass is 9.98. The predicted molar refractivity (Wildman–Crippen MR) is 55.0 cm³/mol. The second-order valence-electron chi connectivity index (χ2n) is 3.86. The van der Waals surface area contributed by atoms with Gasteiger partial charge in [0.1, 0.15) is 0 Å². The molecule has 0 aromatic rings. The minimum absolute atomic E-state index is 0.843. The summed E-state index contributed by atoms with van der Waals surface area (Å²) >= 11 is 0. The van der Waals surface area contributed by atoms with E-state index in [0.29, 0.717) is 0 Å². The van der Waals surface area contributed by atoms with Crippen LogP contribution in [0.4, 0.5) is 0 Å². The molecular weight excluding hydrogens is 164 g/mol. The number of ether oxygens (including phenoxy) is 1. The fourth-order valence-corrected chi connectivity index (χ4v) is 2.03. The summed E-state index contributed by atoms with van der Waals surface area (Å²) in [6.45, 7) is 5.61. The number of piperidine rings is 1. The number of hydrogen-bond acceptors (Lipinski definition) is 3. The summed E-state index contributed by atoms with van der Waals surface area (Å²) in [5.41, 5.74) is 0. The van der Waals surface area contributed by atoms with Gasteiger partial charge in [-0.15, -0.1) is 0 Å². The highest BCUT2D eigenvalue weighted by Crippen LogP contribution is 2.14. The molecule has 0 unspecified atom stereocenters. The van der Waals surface area contributed by atoms with Gasteiger partial charge in [-0.05, 0) is 38.9 Å². The molecule has 1 saturated heterocycles. The molecule has 0 aliphatic carbocycles. The fraction of sp³-hybridized carbons (Fsp3) is 1.00. The molecule has 1 aliphatic rings. The zero-order valence-corrected chi connectivity index (χ0v) is 8.88. The molecule has 0 radical (unpaired) electrons. The largest absolute Gasteiger partial charge is 0.383 e. The van der Waals surface area contributed by atoms with Crippen LogP contribution in [-0.4, -0.2) is 51.8 Å². The smallest absolute Gasteiger partial charge is 0.0589 e. The van der Waals surface area contributed by atoms with E-state index in [-0.39, 0.29) is 0 Å². The first-order chi connectivity index (χ1) is 6.36. The van der Waals surface area contributed by atoms with E-state index in [1.54, 1.807) is 7.11 Å². The molecule has 1 heterocycles. The van der Waals surface area contributed by atoms with Crippen molar-refractivity contribution >= 4 is 0 Å². The SMILES string of the molecule is CNC[C@@H]1CCCN(CCOC)C1. The number of nitrogens with one attached hydrogen (secondary N) is 1. The van der Waals surface area contributed by atoms with Crippen molar-refractivity contribution in [3.8, 4) is 0 Å². The molecule has 1 atom stereocenters. The Labute approximate surface area is 81.4 Å². The molecule has 0 spiro atoms. The van der Waals surface area contributed by atoms with Gasteiger partial charge in [-0.2, -0.15) is 0 Å². The highest BCUT2D eigenvalue weighted by molar-refractivity contribution is 4.73. The second-order valence-corrected chi connectivity index (χ2v) is 3.86. The van der Waals surface area contributed by atoms with E-state index in [4.69, 9.17) is 4.74 Å². The number of methoxy groups -OCH3 is 1. The van der Waals surface area contributed by atoms with Crippen LogP contribution in [0.3, 0.4) is 0 Å². The first kappa shape index (κ1) is 11.0. The van der Waals surface area contributed by atoms with Crippen LogP contribution in [0, 0.1) is 5.92 Å². The quantitative estimate of drug-likeness (QED) is 0.679. The summed E-state index contributed by atoms with van der Waals surface area (Å²) in [6.07, 6.45) is 2.72. The van der Waals surface area contributed by atoms with Gasteiger partial charge >= 0.3 is 0 Å². The summed E-state index contributed by atoms with van der Waals surface area (Å²) in [7, 11) is 3.81. The van der Waals surface area contributed by atoms with Crippen molar-refractivity contribution in [2.24, 2.45) is 5.92 Å². The molecule has 78 valence electrons. The van der Waals surface area contributed by atoms with Crippen LogP contribution in [0.1, 0.15) is 12.8 Å². The Morgan fingerprint density at radius 2 is 2.38 bits per heavy atom. The van der Waals surface area contributed by atoms with E-state index >= 15 is 0 Å². The summed E-state index contributed by atoms with van der Waals surface area (Å²) < 4.78 is 5.08. The van der Waals surface area contributed by atoms with Gasteiger partial charge in [0.05, 0.1) is 6.61 Å². The lowest BCUT2D eigenvalue weighted by molar-refractivity contribution is 0.115. The van der Waals surface area contributed by atoms with E-state index in [0.717, 1.165) is 25.6 Å². The zero-order chi connectivity index (χ0) is 9.52. The Balaban J connectivity index is 2.16. The highest BCUT2D eigenvalue weighted by atomic mass is 16.5. The monoisotopic (exact) mass is 186 g/mol. The number of nitrogens with zero attached hydrogens (tertiary/aromatic N) is 1. The van der Waals surface area contributed by atoms with Crippen LogP contribution in [0.25, 0.3) is 0 Å². The normalized spacial score (nSPS) is 24.9. The molecule has 1 N–H and O–H groups in total. The van der Waals surface area contributed by atoms with Crippen molar-refractivity contribution in [2.75, 3.05) is 46.9 Å². The van der Waals surface area contributed by atoms with Crippen molar-refractivity contribution in [3.63, 3.8) is 0 Å². The van der Waals surface area contributed by atoms with Gasteiger partial charge in [-0.1, -0.05) is 0 Å². The molecule has 0 saturated carbocycles. The molecule has 0 amide bonds. The molecular formula is C10H22N2O. The zero-order valence-electron chi connectivity index (χ0n) is 8.88. The third-order valence-electron chi connectivity index (χ3n) is 2.71. The summed E-state index contributed by atoms with van der Waals surface area (Å²) in [5.74, 6) is 0.843. The van der Waals surface area contributed by atoms with E-state index in [9.17, 15) is 0 Å².